The quantitative estimate of drug-likeness (QED) is 0.703. The van der Waals surface area contributed by atoms with E-state index in [2.05, 4.69) is 15.6 Å². The number of hydrogen-bond acceptors (Lipinski definition) is 5. The van der Waals surface area contributed by atoms with Gasteiger partial charge in [0, 0.05) is 11.3 Å². The van der Waals surface area contributed by atoms with Crippen LogP contribution in [0.1, 0.15) is 35.5 Å². The maximum Gasteiger partial charge on any atom is 0.354 e. The summed E-state index contributed by atoms with van der Waals surface area (Å²) in [5.41, 5.74) is 2.76. The van der Waals surface area contributed by atoms with E-state index in [9.17, 15) is 9.59 Å². The second kappa shape index (κ2) is 9.47. The van der Waals surface area contributed by atoms with Crippen LogP contribution in [-0.4, -0.2) is 37.6 Å². The van der Waals surface area contributed by atoms with Crippen molar-refractivity contribution in [3.63, 3.8) is 0 Å². The number of methoxy groups -OCH3 is 2. The molecule has 3 rings (SSSR count). The molecule has 0 saturated heterocycles. The predicted molar refractivity (Wildman–Crippen MR) is 105 cm³/mol. The van der Waals surface area contributed by atoms with Gasteiger partial charge in [-0.15, -0.1) is 0 Å². The number of carbonyl (C=O) groups excluding carboxylic acids is 2. The van der Waals surface area contributed by atoms with E-state index in [1.807, 2.05) is 44.2 Å². The van der Waals surface area contributed by atoms with E-state index in [0.717, 1.165) is 28.4 Å². The molecule has 7 heteroatoms. The number of aromatic amines is 1. The number of amides is 1. The zero-order chi connectivity index (χ0) is 19.8. The van der Waals surface area contributed by atoms with E-state index in [1.165, 1.54) is 7.11 Å². The van der Waals surface area contributed by atoms with Crippen molar-refractivity contribution in [3.8, 4) is 5.75 Å². The lowest BCUT2D eigenvalue weighted by Crippen LogP contribution is -2.29. The summed E-state index contributed by atoms with van der Waals surface area (Å²) in [6, 6.07) is 9.08. The molecule has 2 aromatic rings. The Morgan fingerprint density at radius 1 is 1.19 bits per heavy atom. The number of H-pyrrole nitrogens is 1. The molecule has 1 amide bonds. The van der Waals surface area contributed by atoms with Gasteiger partial charge in [-0.25, -0.2) is 4.79 Å². The highest BCUT2D eigenvalue weighted by Gasteiger charge is 2.18. The first kappa shape index (κ1) is 20.1. The smallest absolute Gasteiger partial charge is 0.354 e. The van der Waals surface area contributed by atoms with E-state index in [1.54, 1.807) is 13.2 Å². The van der Waals surface area contributed by atoms with Gasteiger partial charge in [0.05, 0.1) is 27.2 Å². The molecule has 0 unspecified atom stereocenters. The van der Waals surface area contributed by atoms with Gasteiger partial charge in [-0.3, -0.25) is 4.79 Å². The molecule has 0 fully saturated rings. The Labute approximate surface area is 158 Å². The minimum atomic E-state index is -0.437. The van der Waals surface area contributed by atoms with Gasteiger partial charge in [-0.1, -0.05) is 26.0 Å². The Hall–Kier alpha value is -3.22. The van der Waals surface area contributed by atoms with Gasteiger partial charge < -0.3 is 25.1 Å². The summed E-state index contributed by atoms with van der Waals surface area (Å²) in [6.45, 7) is 4.46. The van der Waals surface area contributed by atoms with Gasteiger partial charge in [0.15, 0.2) is 0 Å². The molecular weight excluding hydrogens is 346 g/mol. The number of carbonyl (C=O) groups is 2. The zero-order valence-corrected chi connectivity index (χ0v) is 16.0. The molecule has 1 aromatic heterocycles. The maximum atomic E-state index is 12.2. The highest BCUT2D eigenvalue weighted by molar-refractivity contribution is 5.91. The molecule has 7 nitrogen and oxygen atoms in total. The molecule has 1 aliphatic heterocycles. The number of esters is 1. The van der Waals surface area contributed by atoms with Gasteiger partial charge in [-0.05, 0) is 29.8 Å². The third kappa shape index (κ3) is 5.13. The Morgan fingerprint density at radius 2 is 1.96 bits per heavy atom. The molecule has 27 heavy (non-hydrogen) atoms. The molecule has 0 bridgehead atoms. The largest absolute Gasteiger partial charge is 0.497 e. The average Bonchev–Trinajstić information content (AvgIpc) is 3.12. The van der Waals surface area contributed by atoms with Gasteiger partial charge >= 0.3 is 5.97 Å². The van der Waals surface area contributed by atoms with Crippen LogP contribution < -0.4 is 15.4 Å². The first-order valence-electron chi connectivity index (χ1n) is 8.77. The summed E-state index contributed by atoms with van der Waals surface area (Å²) >= 11 is 0. The minimum absolute atomic E-state index is 0.117. The number of rotatable bonds is 5. The van der Waals surface area contributed by atoms with Crippen LogP contribution in [-0.2, 0) is 16.0 Å². The fourth-order valence-electron chi connectivity index (χ4n) is 2.64. The molecule has 1 aromatic carbocycles. The number of fused-ring (bicyclic) bond motifs is 1. The summed E-state index contributed by atoms with van der Waals surface area (Å²) in [6.07, 6.45) is 2.08. The molecule has 0 atom stereocenters. The van der Waals surface area contributed by atoms with E-state index in [4.69, 9.17) is 9.47 Å². The summed E-state index contributed by atoms with van der Waals surface area (Å²) in [5.74, 6) is 0.893. The van der Waals surface area contributed by atoms with Crippen LogP contribution in [0.25, 0.3) is 6.08 Å². The molecule has 2 heterocycles. The van der Waals surface area contributed by atoms with Crippen LogP contribution >= 0.6 is 0 Å². The number of ether oxygens (including phenoxy) is 2. The standard InChI is InChI=1S/C18H19N3O4.C2H6/c1-24-14-5-3-4-11(6-14)7-16(22)20-13-8-12-9-15(18(23)25-2)21-17(12)19-10-13;1-2/h3-6,8-9,19,21H,7,10H2,1-2H3,(H,20,22);1-2H3. The van der Waals surface area contributed by atoms with E-state index < -0.39 is 5.97 Å². The average molecular weight is 371 g/mol. The second-order valence-electron chi connectivity index (χ2n) is 5.60. The van der Waals surface area contributed by atoms with E-state index >= 15 is 0 Å². The van der Waals surface area contributed by atoms with Crippen molar-refractivity contribution in [2.45, 2.75) is 20.3 Å². The fourth-order valence-corrected chi connectivity index (χ4v) is 2.64. The summed E-state index contributed by atoms with van der Waals surface area (Å²) < 4.78 is 9.85. The molecule has 144 valence electrons. The summed E-state index contributed by atoms with van der Waals surface area (Å²) in [4.78, 5) is 26.8. The normalized spacial score (nSPS) is 11.8. The SMILES string of the molecule is CC.COC(=O)c1cc2c([nH]1)NCC(NC(=O)Cc1cccc(OC)c1)=C2. The number of anilines is 1. The van der Waals surface area contributed by atoms with E-state index in [0.29, 0.717) is 12.2 Å². The second-order valence-corrected chi connectivity index (χ2v) is 5.60. The number of nitrogens with one attached hydrogen (secondary N) is 3. The highest BCUT2D eigenvalue weighted by atomic mass is 16.5. The fraction of sp³-hybridized carbons (Fsp3) is 0.300. The molecule has 0 spiro atoms. The minimum Gasteiger partial charge on any atom is -0.497 e. The van der Waals surface area contributed by atoms with Gasteiger partial charge in [0.2, 0.25) is 5.91 Å². The topological polar surface area (TPSA) is 92.5 Å². The molecule has 0 aliphatic carbocycles. The lowest BCUT2D eigenvalue weighted by Gasteiger charge is -2.16. The van der Waals surface area contributed by atoms with Crippen LogP contribution in [0.15, 0.2) is 36.0 Å². The Kier molecular flexibility index (Phi) is 7.05. The molecular formula is C20H25N3O4. The van der Waals surface area contributed by atoms with Crippen molar-refractivity contribution in [1.29, 1.82) is 0 Å². The highest BCUT2D eigenvalue weighted by Crippen LogP contribution is 2.23. The van der Waals surface area contributed by atoms with E-state index in [-0.39, 0.29) is 12.3 Å². The van der Waals surface area contributed by atoms with Crippen molar-refractivity contribution in [3.05, 3.63) is 52.8 Å². The maximum absolute atomic E-state index is 12.2. The van der Waals surface area contributed by atoms with Gasteiger partial charge in [0.1, 0.15) is 17.3 Å². The summed E-state index contributed by atoms with van der Waals surface area (Å²) in [5, 5.41) is 6.02. The third-order valence-corrected chi connectivity index (χ3v) is 3.84. The molecule has 0 saturated carbocycles. The monoisotopic (exact) mass is 371 g/mol. The molecule has 0 radical (unpaired) electrons. The van der Waals surface area contributed by atoms with Crippen molar-refractivity contribution in [2.24, 2.45) is 0 Å². The molecule has 1 aliphatic rings. The first-order valence-corrected chi connectivity index (χ1v) is 8.77. The van der Waals surface area contributed by atoms with Crippen LogP contribution in [0.2, 0.25) is 0 Å². The van der Waals surface area contributed by atoms with Crippen LogP contribution in [0.3, 0.4) is 0 Å². The number of benzene rings is 1. The van der Waals surface area contributed by atoms with Gasteiger partial charge in [-0.2, -0.15) is 0 Å². The van der Waals surface area contributed by atoms with Crippen LogP contribution in [0, 0.1) is 0 Å². The molecule has 3 N–H and O–H groups in total. The first-order chi connectivity index (χ1) is 13.1. The van der Waals surface area contributed by atoms with Crippen molar-refractivity contribution in [2.75, 3.05) is 26.1 Å². The van der Waals surface area contributed by atoms with Gasteiger partial charge in [0.25, 0.3) is 0 Å². The third-order valence-electron chi connectivity index (χ3n) is 3.84. The lowest BCUT2D eigenvalue weighted by molar-refractivity contribution is -0.119. The number of hydrogen-bond donors (Lipinski definition) is 3. The van der Waals surface area contributed by atoms with Crippen LogP contribution in [0.5, 0.6) is 5.75 Å². The zero-order valence-electron chi connectivity index (χ0n) is 16.0. The predicted octanol–water partition coefficient (Wildman–Crippen LogP) is 2.96. The van der Waals surface area contributed by atoms with Crippen molar-refractivity contribution >= 4 is 23.8 Å². The Morgan fingerprint density at radius 3 is 2.67 bits per heavy atom. The Balaban J connectivity index is 0.00000126. The Bertz CT molecular complexity index is 840. The lowest BCUT2D eigenvalue weighted by atomic mass is 10.1. The number of aromatic nitrogens is 1. The summed E-state index contributed by atoms with van der Waals surface area (Å²) in [7, 11) is 2.92. The van der Waals surface area contributed by atoms with Crippen LogP contribution in [0.4, 0.5) is 5.82 Å². The van der Waals surface area contributed by atoms with Crippen molar-refractivity contribution in [1.82, 2.24) is 10.3 Å². The van der Waals surface area contributed by atoms with Crippen molar-refractivity contribution < 1.29 is 19.1 Å².